The number of hydrogen-bond acceptors (Lipinski definition) is 6. The Balaban J connectivity index is 2.80. The molecule has 0 aromatic heterocycles. The Morgan fingerprint density at radius 1 is 0.543 bits per heavy atom. The van der Waals surface area contributed by atoms with Gasteiger partial charge in [0.15, 0.2) is 0 Å². The van der Waals surface area contributed by atoms with Gasteiger partial charge in [-0.1, -0.05) is 109 Å². The largest absolute Gasteiger partial charge is 0.550 e. The van der Waals surface area contributed by atoms with E-state index in [4.69, 9.17) is 0 Å². The Morgan fingerprint density at radius 2 is 0.826 bits per heavy atom. The van der Waals surface area contributed by atoms with Crippen molar-refractivity contribution < 1.29 is 19.8 Å². The van der Waals surface area contributed by atoms with E-state index >= 15 is 0 Å². The lowest BCUT2D eigenvalue weighted by atomic mass is 9.47. The Morgan fingerprint density at radius 3 is 1.09 bits per heavy atom. The summed E-state index contributed by atoms with van der Waals surface area (Å²) >= 11 is 0. The lowest BCUT2D eigenvalue weighted by molar-refractivity contribution is -0.330. The molecule has 2 rings (SSSR count). The molecule has 270 valence electrons. The second-order valence-electron chi connectivity index (χ2n) is 20.8. The topological polar surface area (TPSA) is 104 Å². The molecule has 2 aliphatic rings. The van der Waals surface area contributed by atoms with Gasteiger partial charge in [0.1, 0.15) is 0 Å². The molecule has 0 radical (unpaired) electrons. The maximum absolute atomic E-state index is 14.3. The first-order chi connectivity index (χ1) is 20.4. The van der Waals surface area contributed by atoms with Gasteiger partial charge < -0.3 is 30.4 Å². The van der Waals surface area contributed by atoms with Gasteiger partial charge in [-0.25, -0.2) is 0 Å². The summed E-state index contributed by atoms with van der Waals surface area (Å²) in [5.41, 5.74) is -2.51. The van der Waals surface area contributed by atoms with E-state index in [-0.39, 0.29) is 62.1 Å². The molecule has 2 heterocycles. The van der Waals surface area contributed by atoms with Crippen LogP contribution >= 0.6 is 0 Å². The van der Waals surface area contributed by atoms with Crippen molar-refractivity contribution in [2.24, 2.45) is 38.9 Å². The molecule has 4 atom stereocenters. The number of nitrogens with one attached hydrogen (secondary N) is 2. The number of carboxylic acids is 2. The molecular weight excluding hydrogens is 572 g/mol. The van der Waals surface area contributed by atoms with Gasteiger partial charge in [-0.3, -0.25) is 0 Å². The van der Waals surface area contributed by atoms with Gasteiger partial charge in [0.25, 0.3) is 0 Å². The van der Waals surface area contributed by atoms with Gasteiger partial charge in [-0.2, -0.15) is 0 Å². The van der Waals surface area contributed by atoms with Crippen LogP contribution in [0.4, 0.5) is 0 Å². The predicted molar refractivity (Wildman–Crippen MR) is 188 cm³/mol. The quantitative estimate of drug-likeness (QED) is 0.226. The third-order valence-electron chi connectivity index (χ3n) is 14.2. The third kappa shape index (κ3) is 8.17. The number of aliphatic carboxylic acids is 2. The summed E-state index contributed by atoms with van der Waals surface area (Å²) in [6.07, 6.45) is 7.81. The fraction of sp³-hybridized carbons (Fsp3) is 0.950. The van der Waals surface area contributed by atoms with Crippen molar-refractivity contribution in [1.82, 2.24) is 10.6 Å². The van der Waals surface area contributed by atoms with E-state index < -0.39 is 17.4 Å². The summed E-state index contributed by atoms with van der Waals surface area (Å²) in [5, 5.41) is 33.5. The zero-order valence-corrected chi connectivity index (χ0v) is 33.1. The molecular formula is C40H74N2O4-2. The van der Waals surface area contributed by atoms with Crippen molar-refractivity contribution in [1.29, 1.82) is 0 Å². The molecule has 2 fully saturated rings. The Labute approximate surface area is 284 Å². The standard InChI is InChI=1S/C40H76N2O4/c1-32(2,3)36(13)24-28(25-37(14,41-36)33(4,5)6)40(31(45)46,23-21-19-17-18-20-22-30(43)44)29-26-38(15,34(7,8)9)42-39(16,27-29)35(10,11)12/h28-29,41-42H,17-27H2,1-16H3,(H,43,44)(H,45,46)/p-2. The van der Waals surface area contributed by atoms with Crippen molar-refractivity contribution in [3.05, 3.63) is 0 Å². The first-order valence-electron chi connectivity index (χ1n) is 18.4. The summed E-state index contributed by atoms with van der Waals surface area (Å²) in [6, 6.07) is 0. The minimum atomic E-state index is -1.01. The summed E-state index contributed by atoms with van der Waals surface area (Å²) in [7, 11) is 0. The molecule has 2 saturated heterocycles. The third-order valence-corrected chi connectivity index (χ3v) is 14.2. The van der Waals surface area contributed by atoms with Crippen LogP contribution in [0.1, 0.15) is 181 Å². The van der Waals surface area contributed by atoms with Crippen LogP contribution in [0.15, 0.2) is 0 Å². The number of carbonyl (C=O) groups is 2. The van der Waals surface area contributed by atoms with Crippen LogP contribution in [0, 0.1) is 38.9 Å². The van der Waals surface area contributed by atoms with Crippen molar-refractivity contribution >= 4 is 11.9 Å². The summed E-state index contributed by atoms with van der Waals surface area (Å²) in [5.74, 6) is -2.01. The van der Waals surface area contributed by atoms with Crippen LogP contribution in [0.3, 0.4) is 0 Å². The lowest BCUT2D eigenvalue weighted by Gasteiger charge is -2.66. The molecule has 2 N–H and O–H groups in total. The SMILES string of the molecule is CC(C)(C)C1(C)CC(C(CCCCCCCC(=O)[O-])(C(=O)[O-])C2CC(C)(C(C)(C)C)NC(C)(C(C)(C)C)C2)CC(C)(C(C)(C)C)N1. The van der Waals surface area contributed by atoms with Crippen molar-refractivity contribution in [3.8, 4) is 0 Å². The molecule has 0 amide bonds. The number of carboxylic acid groups (broad SMARTS) is 2. The molecule has 0 aliphatic carbocycles. The van der Waals surface area contributed by atoms with E-state index in [0.717, 1.165) is 51.4 Å². The number of piperidine rings is 2. The molecule has 0 aromatic rings. The minimum Gasteiger partial charge on any atom is -0.550 e. The fourth-order valence-electron chi connectivity index (χ4n) is 8.63. The normalized spacial score (nSPS) is 34.6. The molecule has 0 bridgehead atoms. The minimum absolute atomic E-state index is 0.0678. The molecule has 0 spiro atoms. The molecule has 6 heteroatoms. The first kappa shape index (κ1) is 41.0. The fourth-order valence-corrected chi connectivity index (χ4v) is 8.63. The highest BCUT2D eigenvalue weighted by Gasteiger charge is 2.62. The zero-order chi connectivity index (χ0) is 36.0. The van der Waals surface area contributed by atoms with Crippen LogP contribution in [-0.4, -0.2) is 34.1 Å². The molecule has 0 saturated carbocycles. The maximum Gasteiger partial charge on any atom is 0.0481 e. The van der Waals surface area contributed by atoms with Crippen LogP contribution < -0.4 is 20.8 Å². The Bertz CT molecular complexity index is 955. The van der Waals surface area contributed by atoms with Gasteiger partial charge in [0.05, 0.1) is 0 Å². The predicted octanol–water partition coefficient (Wildman–Crippen LogP) is 7.42. The van der Waals surface area contributed by atoms with Gasteiger partial charge in [-0.05, 0) is 106 Å². The Hall–Kier alpha value is -1.14. The maximum atomic E-state index is 14.3. The monoisotopic (exact) mass is 647 g/mol. The second-order valence-corrected chi connectivity index (χ2v) is 20.8. The van der Waals surface area contributed by atoms with Gasteiger partial charge in [-0.15, -0.1) is 0 Å². The molecule has 2 aliphatic heterocycles. The van der Waals surface area contributed by atoms with Gasteiger partial charge in [0, 0.05) is 39.5 Å². The van der Waals surface area contributed by atoms with Crippen molar-refractivity contribution in [2.75, 3.05) is 0 Å². The lowest BCUT2D eigenvalue weighted by Crippen LogP contribution is -2.74. The average molecular weight is 647 g/mol. The zero-order valence-electron chi connectivity index (χ0n) is 33.1. The molecule has 6 nitrogen and oxygen atoms in total. The number of unbranched alkanes of at least 4 members (excludes halogenated alkanes) is 4. The summed E-state index contributed by atoms with van der Waals surface area (Å²) in [4.78, 5) is 25.2. The Kier molecular flexibility index (Phi) is 11.9. The van der Waals surface area contributed by atoms with E-state index in [0.29, 0.717) is 12.8 Å². The molecule has 46 heavy (non-hydrogen) atoms. The van der Waals surface area contributed by atoms with Gasteiger partial charge >= 0.3 is 0 Å². The smallest absolute Gasteiger partial charge is 0.0481 e. The number of hydrogen-bond donors (Lipinski definition) is 2. The van der Waals surface area contributed by atoms with E-state index in [2.05, 4.69) is 121 Å². The summed E-state index contributed by atoms with van der Waals surface area (Å²) in [6.45, 7) is 36.7. The molecule has 4 unspecified atom stereocenters. The van der Waals surface area contributed by atoms with E-state index in [9.17, 15) is 19.8 Å². The van der Waals surface area contributed by atoms with Crippen LogP contribution in [0.2, 0.25) is 0 Å². The van der Waals surface area contributed by atoms with Crippen LogP contribution in [-0.2, 0) is 9.59 Å². The average Bonchev–Trinajstić information content (AvgIpc) is 2.81. The highest BCUT2D eigenvalue weighted by atomic mass is 16.4. The number of carbonyl (C=O) groups excluding carboxylic acids is 2. The van der Waals surface area contributed by atoms with E-state index in [1.807, 2.05) is 0 Å². The van der Waals surface area contributed by atoms with E-state index in [1.54, 1.807) is 0 Å². The first-order valence-corrected chi connectivity index (χ1v) is 18.4. The van der Waals surface area contributed by atoms with E-state index in [1.165, 1.54) is 0 Å². The highest BCUT2D eigenvalue weighted by Crippen LogP contribution is 2.61. The van der Waals surface area contributed by atoms with Crippen LogP contribution in [0.25, 0.3) is 0 Å². The van der Waals surface area contributed by atoms with Crippen molar-refractivity contribution in [2.45, 2.75) is 204 Å². The summed E-state index contributed by atoms with van der Waals surface area (Å²) < 4.78 is 0. The molecule has 0 aromatic carbocycles. The highest BCUT2D eigenvalue weighted by molar-refractivity contribution is 5.74. The number of rotatable bonds is 11. The van der Waals surface area contributed by atoms with Gasteiger partial charge in [0.2, 0.25) is 0 Å². The second kappa shape index (κ2) is 13.3. The van der Waals surface area contributed by atoms with Crippen molar-refractivity contribution in [3.63, 3.8) is 0 Å². The van der Waals surface area contributed by atoms with Crippen LogP contribution in [0.5, 0.6) is 0 Å².